The van der Waals surface area contributed by atoms with Crippen LogP contribution in [0.2, 0.25) is 0 Å². The van der Waals surface area contributed by atoms with E-state index in [1.807, 2.05) is 0 Å². The molecule has 2 heterocycles. The number of nitrogens with zero attached hydrogens (tertiary/aromatic N) is 3. The van der Waals surface area contributed by atoms with Crippen LogP contribution in [0.3, 0.4) is 0 Å². The van der Waals surface area contributed by atoms with Crippen LogP contribution in [0, 0.1) is 0 Å². The summed E-state index contributed by atoms with van der Waals surface area (Å²) in [5.74, 6) is 1.68. The summed E-state index contributed by atoms with van der Waals surface area (Å²) in [5, 5.41) is 9.70. The van der Waals surface area contributed by atoms with Gasteiger partial charge in [-0.25, -0.2) is 9.97 Å². The lowest BCUT2D eigenvalue weighted by Gasteiger charge is -2.22. The SMILES string of the molecule is CC1(C)c2ccccc2-c2c(-n3c4ccccc4c4cc5ccccc5cc43)nc(-c3cc4ccccc4c4ccccc34)nc21. The summed E-state index contributed by atoms with van der Waals surface area (Å²) in [6, 6.07) is 50.4. The van der Waals surface area contributed by atoms with E-state index in [1.165, 1.54) is 48.8 Å². The van der Waals surface area contributed by atoms with Crippen molar-refractivity contribution in [2.24, 2.45) is 0 Å². The summed E-state index contributed by atoms with van der Waals surface area (Å²) < 4.78 is 2.39. The number of hydrogen-bond donors (Lipinski definition) is 0. The largest absolute Gasteiger partial charge is 0.293 e. The van der Waals surface area contributed by atoms with Gasteiger partial charge in [0, 0.05) is 27.3 Å². The molecule has 9 aromatic rings. The molecule has 46 heavy (non-hydrogen) atoms. The van der Waals surface area contributed by atoms with Gasteiger partial charge in [0.2, 0.25) is 0 Å². The molecule has 0 aliphatic heterocycles. The van der Waals surface area contributed by atoms with Gasteiger partial charge in [0.15, 0.2) is 5.82 Å². The molecule has 0 spiro atoms. The van der Waals surface area contributed by atoms with Crippen molar-refractivity contribution in [1.29, 1.82) is 0 Å². The minimum Gasteiger partial charge on any atom is -0.293 e. The highest BCUT2D eigenvalue weighted by molar-refractivity contribution is 6.15. The van der Waals surface area contributed by atoms with Crippen molar-refractivity contribution in [1.82, 2.24) is 14.5 Å². The number of hydrogen-bond acceptors (Lipinski definition) is 2. The van der Waals surface area contributed by atoms with Gasteiger partial charge in [-0.1, -0.05) is 129 Å². The molecule has 0 atom stereocenters. The van der Waals surface area contributed by atoms with Crippen LogP contribution in [-0.4, -0.2) is 14.5 Å². The Morgan fingerprint density at radius 3 is 1.93 bits per heavy atom. The van der Waals surface area contributed by atoms with E-state index in [0.717, 1.165) is 44.9 Å². The number of aromatic nitrogens is 3. The fraction of sp³-hybridized carbons (Fsp3) is 0.0698. The molecular weight excluding hydrogens is 558 g/mol. The quantitative estimate of drug-likeness (QED) is 0.188. The first-order valence-corrected chi connectivity index (χ1v) is 15.9. The third-order valence-electron chi connectivity index (χ3n) is 10.1. The fourth-order valence-electron chi connectivity index (χ4n) is 7.93. The van der Waals surface area contributed by atoms with Crippen molar-refractivity contribution in [3.8, 4) is 28.3 Å². The molecule has 1 aliphatic carbocycles. The van der Waals surface area contributed by atoms with Crippen LogP contribution in [0.1, 0.15) is 25.1 Å². The van der Waals surface area contributed by atoms with Gasteiger partial charge in [-0.05, 0) is 67.7 Å². The Labute approximate surface area is 266 Å². The van der Waals surface area contributed by atoms with Crippen LogP contribution in [0.5, 0.6) is 0 Å². The Morgan fingerprint density at radius 1 is 0.478 bits per heavy atom. The van der Waals surface area contributed by atoms with Crippen molar-refractivity contribution in [2.45, 2.75) is 19.3 Å². The first kappa shape index (κ1) is 25.5. The lowest BCUT2D eigenvalue weighted by molar-refractivity contribution is 0.635. The van der Waals surface area contributed by atoms with Gasteiger partial charge in [0.1, 0.15) is 5.82 Å². The highest BCUT2D eigenvalue weighted by Gasteiger charge is 2.40. The Hall–Kier alpha value is -5.80. The Bertz CT molecular complexity index is 2730. The normalized spacial score (nSPS) is 13.6. The highest BCUT2D eigenvalue weighted by Crippen LogP contribution is 2.51. The van der Waals surface area contributed by atoms with E-state index in [0.29, 0.717) is 0 Å². The summed E-state index contributed by atoms with van der Waals surface area (Å²) in [5.41, 5.74) is 7.73. The molecule has 0 saturated heterocycles. The van der Waals surface area contributed by atoms with Crippen LogP contribution in [0.4, 0.5) is 0 Å². The molecule has 0 radical (unpaired) electrons. The number of fused-ring (bicyclic) bond motifs is 10. The predicted molar refractivity (Wildman–Crippen MR) is 192 cm³/mol. The molecule has 0 fully saturated rings. The van der Waals surface area contributed by atoms with Crippen molar-refractivity contribution in [2.75, 3.05) is 0 Å². The third-order valence-corrected chi connectivity index (χ3v) is 10.1. The Balaban J connectivity index is 1.39. The average molecular weight is 588 g/mol. The average Bonchev–Trinajstić information content (AvgIpc) is 3.54. The lowest BCUT2D eigenvalue weighted by Crippen LogP contribution is -2.18. The molecule has 0 bridgehead atoms. The summed E-state index contributed by atoms with van der Waals surface area (Å²) in [7, 11) is 0. The molecule has 0 unspecified atom stereocenters. The van der Waals surface area contributed by atoms with Gasteiger partial charge in [-0.2, -0.15) is 0 Å². The maximum atomic E-state index is 5.61. The monoisotopic (exact) mass is 587 g/mol. The van der Waals surface area contributed by atoms with Crippen LogP contribution in [0.25, 0.3) is 82.5 Å². The molecule has 7 aromatic carbocycles. The van der Waals surface area contributed by atoms with E-state index in [9.17, 15) is 0 Å². The molecule has 1 aliphatic rings. The zero-order valence-corrected chi connectivity index (χ0v) is 25.6. The zero-order valence-electron chi connectivity index (χ0n) is 25.6. The van der Waals surface area contributed by atoms with Gasteiger partial charge in [0.05, 0.1) is 16.7 Å². The second kappa shape index (κ2) is 9.12. The molecule has 216 valence electrons. The molecule has 3 heteroatoms. The minimum atomic E-state index is -0.295. The highest BCUT2D eigenvalue weighted by atomic mass is 15.1. The maximum Gasteiger partial charge on any atom is 0.162 e. The van der Waals surface area contributed by atoms with Crippen molar-refractivity contribution < 1.29 is 0 Å². The predicted octanol–water partition coefficient (Wildman–Crippen LogP) is 11.0. The van der Waals surface area contributed by atoms with Crippen molar-refractivity contribution in [3.63, 3.8) is 0 Å². The molecular formula is C43H29N3. The summed E-state index contributed by atoms with van der Waals surface area (Å²) >= 11 is 0. The van der Waals surface area contributed by atoms with E-state index in [-0.39, 0.29) is 5.41 Å². The van der Waals surface area contributed by atoms with Crippen LogP contribution < -0.4 is 0 Å². The van der Waals surface area contributed by atoms with Crippen LogP contribution in [-0.2, 0) is 5.41 Å². The molecule has 0 N–H and O–H groups in total. The first-order chi connectivity index (χ1) is 22.6. The molecule has 2 aromatic heterocycles. The summed E-state index contributed by atoms with van der Waals surface area (Å²) in [4.78, 5) is 11.1. The first-order valence-electron chi connectivity index (χ1n) is 15.9. The standard InChI is InChI=1S/C43H29N3/c1-43(2)36-21-11-9-20-33(36)39-40(43)44-41(35-24-28-15-5-6-16-29(28)30-17-7-8-18-31(30)35)45-42(39)46-37-22-12-10-19-32(37)34-23-26-13-3-4-14-27(26)25-38(34)46/h3-25H,1-2H3. The van der Waals surface area contributed by atoms with Gasteiger partial charge >= 0.3 is 0 Å². The van der Waals surface area contributed by atoms with Crippen molar-refractivity contribution >= 4 is 54.1 Å². The lowest BCUT2D eigenvalue weighted by atomic mass is 9.85. The van der Waals surface area contributed by atoms with Gasteiger partial charge < -0.3 is 0 Å². The van der Waals surface area contributed by atoms with Gasteiger partial charge in [-0.15, -0.1) is 0 Å². The van der Waals surface area contributed by atoms with E-state index in [2.05, 4.69) is 158 Å². The molecule has 0 saturated carbocycles. The third kappa shape index (κ3) is 3.37. The number of rotatable bonds is 2. The molecule has 0 amide bonds. The Kier molecular flexibility index (Phi) is 5.06. The maximum absolute atomic E-state index is 5.61. The van der Waals surface area contributed by atoms with E-state index >= 15 is 0 Å². The zero-order chi connectivity index (χ0) is 30.6. The summed E-state index contributed by atoms with van der Waals surface area (Å²) in [6.45, 7) is 4.60. The minimum absolute atomic E-state index is 0.295. The number of para-hydroxylation sites is 1. The second-order valence-electron chi connectivity index (χ2n) is 13.0. The smallest absolute Gasteiger partial charge is 0.162 e. The topological polar surface area (TPSA) is 30.7 Å². The molecule has 3 nitrogen and oxygen atoms in total. The van der Waals surface area contributed by atoms with E-state index in [4.69, 9.17) is 9.97 Å². The van der Waals surface area contributed by atoms with Gasteiger partial charge in [-0.3, -0.25) is 4.57 Å². The second-order valence-corrected chi connectivity index (χ2v) is 13.0. The fourth-order valence-corrected chi connectivity index (χ4v) is 7.93. The van der Waals surface area contributed by atoms with Crippen LogP contribution in [0.15, 0.2) is 140 Å². The van der Waals surface area contributed by atoms with E-state index < -0.39 is 0 Å². The molecule has 10 rings (SSSR count). The van der Waals surface area contributed by atoms with Crippen LogP contribution >= 0.6 is 0 Å². The number of benzene rings is 7. The van der Waals surface area contributed by atoms with Gasteiger partial charge in [0.25, 0.3) is 0 Å². The van der Waals surface area contributed by atoms with E-state index in [1.54, 1.807) is 0 Å². The Morgan fingerprint density at radius 2 is 1.11 bits per heavy atom. The van der Waals surface area contributed by atoms with Crippen molar-refractivity contribution in [3.05, 3.63) is 151 Å². The summed E-state index contributed by atoms with van der Waals surface area (Å²) in [6.07, 6.45) is 0.